The van der Waals surface area contributed by atoms with Gasteiger partial charge in [0, 0.05) is 12.1 Å². The summed E-state index contributed by atoms with van der Waals surface area (Å²) in [6.45, 7) is 1.20. The lowest BCUT2D eigenvalue weighted by Crippen LogP contribution is -2.61. The van der Waals surface area contributed by atoms with Crippen LogP contribution in [0.5, 0.6) is 23.0 Å². The van der Waals surface area contributed by atoms with Crippen molar-refractivity contribution in [3.8, 4) is 34.3 Å². The van der Waals surface area contributed by atoms with Gasteiger partial charge in [0.25, 0.3) is 0 Å². The Bertz CT molecular complexity index is 1490. The zero-order chi connectivity index (χ0) is 30.5. The number of aliphatic hydroxyl groups is 6. The lowest BCUT2D eigenvalue weighted by atomic mass is 9.82. The molecular weight excluding hydrogens is 560 g/mol. The molecule has 3 aromatic rings. The van der Waals surface area contributed by atoms with Crippen LogP contribution in [0.2, 0.25) is 0 Å². The molecule has 1 aromatic heterocycles. The molecule has 228 valence electrons. The van der Waals surface area contributed by atoms with E-state index in [2.05, 4.69) is 0 Å². The Balaban J connectivity index is 1.47. The lowest BCUT2D eigenvalue weighted by Gasteiger charge is -2.42. The molecule has 14 heteroatoms. The number of rotatable bonds is 6. The molecule has 10 atom stereocenters. The number of fused-ring (bicyclic) bond motifs is 1. The first-order valence-electron chi connectivity index (χ1n) is 13.2. The van der Waals surface area contributed by atoms with Gasteiger partial charge < -0.3 is 64.6 Å². The fraction of sp³-hybridized carbons (Fsp3) is 0.464. The number of phenolic OH excluding ortho intramolecular Hbond substituents is 3. The highest BCUT2D eigenvalue weighted by Crippen LogP contribution is 2.40. The molecule has 2 heterocycles. The zero-order valence-corrected chi connectivity index (χ0v) is 22.2. The summed E-state index contributed by atoms with van der Waals surface area (Å²) >= 11 is 0. The highest BCUT2D eigenvalue weighted by atomic mass is 16.7. The predicted molar refractivity (Wildman–Crippen MR) is 142 cm³/mol. The van der Waals surface area contributed by atoms with Crippen molar-refractivity contribution >= 4 is 11.0 Å². The van der Waals surface area contributed by atoms with E-state index in [1.807, 2.05) is 0 Å². The normalized spacial score (nSPS) is 33.5. The first-order valence-corrected chi connectivity index (χ1v) is 13.2. The van der Waals surface area contributed by atoms with Crippen LogP contribution in [-0.2, 0) is 9.47 Å². The van der Waals surface area contributed by atoms with Crippen LogP contribution in [0.3, 0.4) is 0 Å². The Morgan fingerprint density at radius 3 is 2.26 bits per heavy atom. The number of para-hydroxylation sites is 1. The Morgan fingerprint density at radius 1 is 0.857 bits per heavy atom. The molecule has 9 N–H and O–H groups in total. The van der Waals surface area contributed by atoms with E-state index in [0.29, 0.717) is 0 Å². The van der Waals surface area contributed by atoms with Crippen molar-refractivity contribution in [3.63, 3.8) is 0 Å². The van der Waals surface area contributed by atoms with Gasteiger partial charge in [-0.1, -0.05) is 19.1 Å². The molecule has 1 aliphatic heterocycles. The fourth-order valence-corrected chi connectivity index (χ4v) is 5.27. The summed E-state index contributed by atoms with van der Waals surface area (Å²) < 4.78 is 22.8. The van der Waals surface area contributed by atoms with E-state index in [4.69, 9.17) is 18.6 Å². The van der Waals surface area contributed by atoms with Crippen LogP contribution in [0.25, 0.3) is 22.3 Å². The molecule has 2 aliphatic rings. The topological polar surface area (TPSA) is 240 Å². The van der Waals surface area contributed by atoms with Crippen LogP contribution in [-0.4, -0.2) is 108 Å². The number of benzene rings is 2. The summed E-state index contributed by atoms with van der Waals surface area (Å²) in [7, 11) is 0. The van der Waals surface area contributed by atoms with Crippen LogP contribution in [0, 0.1) is 5.92 Å². The molecule has 0 amide bonds. The van der Waals surface area contributed by atoms with Gasteiger partial charge >= 0.3 is 0 Å². The third kappa shape index (κ3) is 5.39. The maximum atomic E-state index is 13.6. The minimum atomic E-state index is -1.91. The zero-order valence-electron chi connectivity index (χ0n) is 22.2. The third-order valence-electron chi connectivity index (χ3n) is 7.71. The minimum absolute atomic E-state index is 0.0266. The Kier molecular flexibility index (Phi) is 8.33. The molecule has 5 rings (SSSR count). The van der Waals surface area contributed by atoms with E-state index in [1.165, 1.54) is 24.3 Å². The first kappa shape index (κ1) is 30.0. The molecule has 0 bridgehead atoms. The van der Waals surface area contributed by atoms with E-state index >= 15 is 0 Å². The molecule has 1 aliphatic carbocycles. The fourth-order valence-electron chi connectivity index (χ4n) is 5.27. The standard InChI is InChI=1S/C28H32O14/c1-10-6-16(20(33)23(36)19(10)32)39-9-17-21(34)24(37)25(38)28(41-17)42-27-22(35)18-14(31)7-11(29)8-15(18)40-26(27)12-4-2-3-5-13(12)30/h2-5,7-8,10,16-17,19-21,23-25,28-34,36-38H,6,9H2,1H3. The maximum absolute atomic E-state index is 13.6. The van der Waals surface area contributed by atoms with Crippen LogP contribution in [0.15, 0.2) is 45.6 Å². The predicted octanol–water partition coefficient (Wildman–Crippen LogP) is -0.729. The summed E-state index contributed by atoms with van der Waals surface area (Å²) in [5, 5.41) is 92.6. The summed E-state index contributed by atoms with van der Waals surface area (Å²) in [5.74, 6) is -2.80. The van der Waals surface area contributed by atoms with Crippen LogP contribution in [0.4, 0.5) is 0 Å². The SMILES string of the molecule is CC1CC(OCC2OC(Oc3c(-c4ccccc4O)oc4cc(O)cc(O)c4c3=O)C(O)C(O)C2O)C(O)C(O)C1O. The average molecular weight is 593 g/mol. The lowest BCUT2D eigenvalue weighted by molar-refractivity contribution is -0.285. The Hall–Kier alpha value is -3.47. The molecule has 0 spiro atoms. The van der Waals surface area contributed by atoms with Gasteiger partial charge in [-0.15, -0.1) is 0 Å². The maximum Gasteiger partial charge on any atom is 0.239 e. The molecular formula is C28H32O14. The number of aromatic hydroxyl groups is 3. The summed E-state index contributed by atoms with van der Waals surface area (Å²) in [6.07, 6.45) is -13.5. The number of ether oxygens (including phenoxy) is 3. The van der Waals surface area contributed by atoms with Crippen LogP contribution < -0.4 is 10.2 Å². The van der Waals surface area contributed by atoms with Gasteiger partial charge in [0.15, 0.2) is 5.76 Å². The van der Waals surface area contributed by atoms with Gasteiger partial charge in [-0.2, -0.15) is 0 Å². The van der Waals surface area contributed by atoms with E-state index in [-0.39, 0.29) is 29.1 Å². The molecule has 1 saturated heterocycles. The molecule has 1 saturated carbocycles. The second kappa shape index (κ2) is 11.7. The largest absolute Gasteiger partial charge is 0.508 e. The average Bonchev–Trinajstić information content (AvgIpc) is 2.95. The van der Waals surface area contributed by atoms with Crippen molar-refractivity contribution in [1.29, 1.82) is 0 Å². The van der Waals surface area contributed by atoms with E-state index < -0.39 is 95.7 Å². The minimum Gasteiger partial charge on any atom is -0.508 e. The van der Waals surface area contributed by atoms with Crippen molar-refractivity contribution in [2.45, 2.75) is 68.5 Å². The van der Waals surface area contributed by atoms with Gasteiger partial charge in [0.1, 0.15) is 64.8 Å². The Labute approximate surface area is 237 Å². The van der Waals surface area contributed by atoms with Crippen LogP contribution >= 0.6 is 0 Å². The monoisotopic (exact) mass is 592 g/mol. The first-order chi connectivity index (χ1) is 19.9. The molecule has 10 unspecified atom stereocenters. The van der Waals surface area contributed by atoms with Gasteiger partial charge in [-0.3, -0.25) is 4.79 Å². The van der Waals surface area contributed by atoms with Crippen molar-refractivity contribution < 1.29 is 64.6 Å². The van der Waals surface area contributed by atoms with E-state index in [1.54, 1.807) is 6.92 Å². The summed E-state index contributed by atoms with van der Waals surface area (Å²) in [6, 6.07) is 7.71. The molecule has 2 fully saturated rings. The van der Waals surface area contributed by atoms with E-state index in [9.17, 15) is 50.8 Å². The third-order valence-corrected chi connectivity index (χ3v) is 7.71. The van der Waals surface area contributed by atoms with Crippen LogP contribution in [0.1, 0.15) is 13.3 Å². The number of phenols is 3. The molecule has 0 radical (unpaired) electrons. The van der Waals surface area contributed by atoms with E-state index in [0.717, 1.165) is 12.1 Å². The van der Waals surface area contributed by atoms with Gasteiger partial charge in [0.2, 0.25) is 17.5 Å². The van der Waals surface area contributed by atoms with Gasteiger partial charge in [-0.25, -0.2) is 0 Å². The van der Waals surface area contributed by atoms with Crippen molar-refractivity contribution in [2.75, 3.05) is 6.61 Å². The quantitative estimate of drug-likeness (QED) is 0.172. The number of aliphatic hydroxyl groups excluding tert-OH is 6. The molecule has 42 heavy (non-hydrogen) atoms. The number of hydrogen-bond donors (Lipinski definition) is 9. The van der Waals surface area contributed by atoms with Gasteiger partial charge in [0.05, 0.1) is 24.4 Å². The second-order valence-electron chi connectivity index (χ2n) is 10.6. The summed E-state index contributed by atoms with van der Waals surface area (Å²) in [4.78, 5) is 13.6. The molecule has 14 nitrogen and oxygen atoms in total. The smallest absolute Gasteiger partial charge is 0.239 e. The second-order valence-corrected chi connectivity index (χ2v) is 10.6. The van der Waals surface area contributed by atoms with Crippen molar-refractivity contribution in [3.05, 3.63) is 46.6 Å². The molecule has 2 aromatic carbocycles. The highest BCUT2D eigenvalue weighted by molar-refractivity contribution is 5.88. The number of hydrogen-bond acceptors (Lipinski definition) is 14. The summed E-state index contributed by atoms with van der Waals surface area (Å²) in [5.41, 5.74) is -1.24. The Morgan fingerprint density at radius 2 is 1.55 bits per heavy atom. The highest BCUT2D eigenvalue weighted by Gasteiger charge is 2.47. The van der Waals surface area contributed by atoms with Crippen molar-refractivity contribution in [2.24, 2.45) is 5.92 Å². The van der Waals surface area contributed by atoms with Gasteiger partial charge in [-0.05, 0) is 24.5 Å². The van der Waals surface area contributed by atoms with Crippen molar-refractivity contribution in [1.82, 2.24) is 0 Å².